The minimum absolute atomic E-state index is 0.290. The Labute approximate surface area is 129 Å². The highest BCUT2D eigenvalue weighted by Crippen LogP contribution is 2.27. The average molecular weight is 366 g/mol. The molecule has 0 amide bonds. The predicted molar refractivity (Wildman–Crippen MR) is 92.0 cm³/mol. The lowest BCUT2D eigenvalue weighted by Crippen LogP contribution is -2.14. The number of halogens is 1. The van der Waals surface area contributed by atoms with Crippen LogP contribution < -0.4 is 10.2 Å². The third-order valence-corrected chi connectivity index (χ3v) is 3.85. The summed E-state index contributed by atoms with van der Waals surface area (Å²) in [6.07, 6.45) is 0. The second kappa shape index (κ2) is 6.28. The fourth-order valence-corrected chi connectivity index (χ4v) is 2.41. The first-order valence-corrected chi connectivity index (χ1v) is 7.44. The topological polar surface area (TPSA) is 15.3 Å². The van der Waals surface area contributed by atoms with E-state index in [1.807, 2.05) is 0 Å². The molecule has 0 spiro atoms. The molecule has 2 rings (SSSR count). The van der Waals surface area contributed by atoms with Crippen molar-refractivity contribution in [2.45, 2.75) is 13.0 Å². The Morgan fingerprint density at radius 3 is 2.26 bits per heavy atom. The van der Waals surface area contributed by atoms with Crippen molar-refractivity contribution in [2.75, 3.05) is 24.3 Å². The van der Waals surface area contributed by atoms with Gasteiger partial charge in [-0.3, -0.25) is 0 Å². The van der Waals surface area contributed by atoms with Crippen LogP contribution in [-0.4, -0.2) is 14.1 Å². The van der Waals surface area contributed by atoms with E-state index in [1.165, 1.54) is 20.5 Å². The van der Waals surface area contributed by atoms with Crippen LogP contribution in [0.3, 0.4) is 0 Å². The zero-order chi connectivity index (χ0) is 13.8. The molecule has 0 saturated heterocycles. The molecule has 0 bridgehead atoms. The van der Waals surface area contributed by atoms with Crippen LogP contribution in [0.2, 0.25) is 0 Å². The fourth-order valence-electron chi connectivity index (χ4n) is 2.05. The molecule has 0 aliphatic carbocycles. The minimum atomic E-state index is 0.290. The molecule has 2 nitrogen and oxygen atoms in total. The summed E-state index contributed by atoms with van der Waals surface area (Å²) in [5.74, 6) is 0. The normalized spacial score (nSPS) is 12.0. The van der Waals surface area contributed by atoms with E-state index in [-0.39, 0.29) is 6.04 Å². The van der Waals surface area contributed by atoms with E-state index in [0.29, 0.717) is 0 Å². The quantitative estimate of drug-likeness (QED) is 0.800. The van der Waals surface area contributed by atoms with Crippen molar-refractivity contribution in [2.24, 2.45) is 0 Å². The highest BCUT2D eigenvalue weighted by Gasteiger charge is 2.08. The molecule has 0 radical (unpaired) electrons. The summed E-state index contributed by atoms with van der Waals surface area (Å²) in [7, 11) is 4.13. The van der Waals surface area contributed by atoms with Crippen LogP contribution in [-0.2, 0) is 0 Å². The number of hydrogen-bond donors (Lipinski definition) is 1. The standard InChI is InChI=1S/C16H19IN2/c1-12(13-8-10-14(17)11-9-13)18-15-6-4-5-7-16(15)19(2)3/h4-12,18H,1-3H3. The lowest BCUT2D eigenvalue weighted by molar-refractivity contribution is 0.882. The van der Waals surface area contributed by atoms with Gasteiger partial charge in [-0.1, -0.05) is 24.3 Å². The second-order valence-corrected chi connectivity index (χ2v) is 6.07. The number of hydrogen-bond acceptors (Lipinski definition) is 2. The van der Waals surface area contributed by atoms with Crippen molar-refractivity contribution in [1.82, 2.24) is 0 Å². The third-order valence-electron chi connectivity index (χ3n) is 3.13. The Morgan fingerprint density at radius 1 is 1.00 bits per heavy atom. The van der Waals surface area contributed by atoms with Gasteiger partial charge in [0.2, 0.25) is 0 Å². The molecular formula is C16H19IN2. The predicted octanol–water partition coefficient (Wildman–Crippen LogP) is 4.53. The van der Waals surface area contributed by atoms with Crippen molar-refractivity contribution in [1.29, 1.82) is 0 Å². The molecule has 3 heteroatoms. The number of benzene rings is 2. The van der Waals surface area contributed by atoms with E-state index in [2.05, 4.69) is 102 Å². The van der Waals surface area contributed by atoms with Crippen LogP contribution in [0.4, 0.5) is 11.4 Å². The first kappa shape index (κ1) is 14.2. The van der Waals surface area contributed by atoms with Gasteiger partial charge in [0.15, 0.2) is 0 Å². The Hall–Kier alpha value is -1.23. The van der Waals surface area contributed by atoms with E-state index in [4.69, 9.17) is 0 Å². The van der Waals surface area contributed by atoms with Gasteiger partial charge in [-0.15, -0.1) is 0 Å². The number of nitrogens with one attached hydrogen (secondary N) is 1. The molecule has 19 heavy (non-hydrogen) atoms. The van der Waals surface area contributed by atoms with E-state index in [1.54, 1.807) is 0 Å². The van der Waals surface area contributed by atoms with Crippen molar-refractivity contribution < 1.29 is 0 Å². The second-order valence-electron chi connectivity index (χ2n) is 4.83. The summed E-state index contributed by atoms with van der Waals surface area (Å²) < 4.78 is 1.27. The molecule has 0 aliphatic rings. The van der Waals surface area contributed by atoms with Crippen LogP contribution in [0.1, 0.15) is 18.5 Å². The van der Waals surface area contributed by atoms with Crippen LogP contribution in [0, 0.1) is 3.57 Å². The lowest BCUT2D eigenvalue weighted by Gasteiger charge is -2.22. The van der Waals surface area contributed by atoms with E-state index >= 15 is 0 Å². The zero-order valence-electron chi connectivity index (χ0n) is 11.5. The molecule has 0 saturated carbocycles. The van der Waals surface area contributed by atoms with Gasteiger partial charge < -0.3 is 10.2 Å². The zero-order valence-corrected chi connectivity index (χ0v) is 13.7. The molecule has 100 valence electrons. The molecular weight excluding hydrogens is 347 g/mol. The summed E-state index contributed by atoms with van der Waals surface area (Å²) in [6, 6.07) is 17.3. The Bertz CT molecular complexity index is 535. The summed E-state index contributed by atoms with van der Waals surface area (Å²) >= 11 is 2.33. The van der Waals surface area contributed by atoms with Gasteiger partial charge in [0.1, 0.15) is 0 Å². The van der Waals surface area contributed by atoms with Crippen LogP contribution in [0.15, 0.2) is 48.5 Å². The van der Waals surface area contributed by atoms with Crippen molar-refractivity contribution >= 4 is 34.0 Å². The SMILES string of the molecule is CC(Nc1ccccc1N(C)C)c1ccc(I)cc1. The minimum Gasteiger partial charge on any atom is -0.377 e. The van der Waals surface area contributed by atoms with Gasteiger partial charge in [-0.2, -0.15) is 0 Å². The van der Waals surface area contributed by atoms with Crippen molar-refractivity contribution in [3.63, 3.8) is 0 Å². The summed E-state index contributed by atoms with van der Waals surface area (Å²) in [6.45, 7) is 2.19. The molecule has 0 fully saturated rings. The van der Waals surface area contributed by atoms with Crippen LogP contribution in [0.5, 0.6) is 0 Å². The highest BCUT2D eigenvalue weighted by molar-refractivity contribution is 14.1. The Kier molecular flexibility index (Phi) is 4.69. The smallest absolute Gasteiger partial charge is 0.0596 e. The van der Waals surface area contributed by atoms with Gasteiger partial charge in [0.05, 0.1) is 11.4 Å². The number of rotatable bonds is 4. The molecule has 1 unspecified atom stereocenters. The average Bonchev–Trinajstić information content (AvgIpc) is 2.39. The van der Waals surface area contributed by atoms with E-state index in [0.717, 1.165) is 0 Å². The monoisotopic (exact) mass is 366 g/mol. The Balaban J connectivity index is 2.19. The van der Waals surface area contributed by atoms with Gasteiger partial charge in [0, 0.05) is 23.7 Å². The number of nitrogens with zero attached hydrogens (tertiary/aromatic N) is 1. The van der Waals surface area contributed by atoms with Gasteiger partial charge in [-0.05, 0) is 59.3 Å². The molecule has 2 aromatic rings. The first-order chi connectivity index (χ1) is 9.08. The van der Waals surface area contributed by atoms with E-state index < -0.39 is 0 Å². The van der Waals surface area contributed by atoms with Crippen LogP contribution in [0.25, 0.3) is 0 Å². The first-order valence-electron chi connectivity index (χ1n) is 6.36. The lowest BCUT2D eigenvalue weighted by atomic mass is 10.1. The maximum absolute atomic E-state index is 3.58. The molecule has 1 atom stereocenters. The molecule has 2 aromatic carbocycles. The van der Waals surface area contributed by atoms with Crippen molar-refractivity contribution in [3.05, 3.63) is 57.7 Å². The van der Waals surface area contributed by atoms with Gasteiger partial charge >= 0.3 is 0 Å². The molecule has 0 aromatic heterocycles. The summed E-state index contributed by atoms with van der Waals surface area (Å²) in [5, 5.41) is 3.58. The molecule has 1 N–H and O–H groups in total. The maximum atomic E-state index is 3.58. The van der Waals surface area contributed by atoms with Gasteiger partial charge in [-0.25, -0.2) is 0 Å². The highest BCUT2D eigenvalue weighted by atomic mass is 127. The largest absolute Gasteiger partial charge is 0.377 e. The fraction of sp³-hybridized carbons (Fsp3) is 0.250. The van der Waals surface area contributed by atoms with E-state index in [9.17, 15) is 0 Å². The van der Waals surface area contributed by atoms with Crippen LogP contribution >= 0.6 is 22.6 Å². The number of anilines is 2. The van der Waals surface area contributed by atoms with Gasteiger partial charge in [0.25, 0.3) is 0 Å². The number of para-hydroxylation sites is 2. The third kappa shape index (κ3) is 3.62. The summed E-state index contributed by atoms with van der Waals surface area (Å²) in [4.78, 5) is 2.13. The Morgan fingerprint density at radius 2 is 1.63 bits per heavy atom. The molecule has 0 heterocycles. The maximum Gasteiger partial charge on any atom is 0.0596 e. The van der Waals surface area contributed by atoms with Crippen molar-refractivity contribution in [3.8, 4) is 0 Å². The summed E-state index contributed by atoms with van der Waals surface area (Å²) in [5.41, 5.74) is 3.67. The molecule has 0 aliphatic heterocycles.